The highest BCUT2D eigenvalue weighted by atomic mass is 16.5. The third kappa shape index (κ3) is 3.27. The van der Waals surface area contributed by atoms with Crippen LogP contribution in [0.1, 0.15) is 59.3 Å². The van der Waals surface area contributed by atoms with E-state index in [0.29, 0.717) is 11.5 Å². The van der Waals surface area contributed by atoms with Gasteiger partial charge in [-0.05, 0) is 56.3 Å². The molecule has 0 aromatic carbocycles. The van der Waals surface area contributed by atoms with E-state index in [4.69, 9.17) is 4.74 Å². The van der Waals surface area contributed by atoms with E-state index in [1.807, 2.05) is 0 Å². The minimum Gasteiger partial charge on any atom is -0.382 e. The summed E-state index contributed by atoms with van der Waals surface area (Å²) in [7, 11) is 0. The van der Waals surface area contributed by atoms with Crippen molar-refractivity contribution >= 4 is 0 Å². The van der Waals surface area contributed by atoms with Crippen molar-refractivity contribution in [3.8, 4) is 0 Å². The molecule has 3 atom stereocenters. The first-order chi connectivity index (χ1) is 8.66. The van der Waals surface area contributed by atoms with Gasteiger partial charge in [-0.15, -0.1) is 0 Å². The van der Waals surface area contributed by atoms with E-state index < -0.39 is 0 Å². The molecule has 2 fully saturated rings. The van der Waals surface area contributed by atoms with Crippen LogP contribution in [0.25, 0.3) is 0 Å². The van der Waals surface area contributed by atoms with Gasteiger partial charge in [-0.2, -0.15) is 0 Å². The van der Waals surface area contributed by atoms with E-state index in [1.54, 1.807) is 0 Å². The fourth-order valence-electron chi connectivity index (χ4n) is 4.25. The van der Waals surface area contributed by atoms with Crippen LogP contribution in [0.15, 0.2) is 0 Å². The zero-order valence-electron chi connectivity index (χ0n) is 12.5. The average molecular weight is 253 g/mol. The second kappa shape index (κ2) is 6.38. The molecular formula is C16H31NO. The van der Waals surface area contributed by atoms with Gasteiger partial charge in [0.05, 0.1) is 0 Å². The molecule has 0 spiro atoms. The van der Waals surface area contributed by atoms with Gasteiger partial charge in [0.25, 0.3) is 0 Å². The summed E-state index contributed by atoms with van der Waals surface area (Å²) in [6, 6.07) is 0.618. The van der Waals surface area contributed by atoms with Gasteiger partial charge in [0.1, 0.15) is 0 Å². The fraction of sp³-hybridized carbons (Fsp3) is 1.00. The molecule has 2 nitrogen and oxygen atoms in total. The Kier molecular flexibility index (Phi) is 5.08. The maximum absolute atomic E-state index is 5.52. The Bertz CT molecular complexity index is 253. The molecule has 2 bridgehead atoms. The lowest BCUT2D eigenvalue weighted by atomic mass is 9.70. The first kappa shape index (κ1) is 14.3. The molecule has 18 heavy (non-hydrogen) atoms. The molecule has 0 aromatic heterocycles. The predicted octanol–water partition coefficient (Wildman–Crippen LogP) is 3.61. The van der Waals surface area contributed by atoms with Crippen molar-refractivity contribution < 1.29 is 4.74 Å². The minimum absolute atomic E-state index is 0.601. The maximum Gasteiger partial charge on any atom is 0.0466 e. The lowest BCUT2D eigenvalue weighted by molar-refractivity contribution is 0.0973. The molecule has 0 aromatic rings. The molecule has 0 heterocycles. The third-order valence-corrected chi connectivity index (χ3v) is 5.13. The summed E-state index contributed by atoms with van der Waals surface area (Å²) in [6.07, 6.45) is 8.58. The third-order valence-electron chi connectivity index (χ3n) is 5.13. The van der Waals surface area contributed by atoms with E-state index in [-0.39, 0.29) is 0 Å². The number of fused-ring (bicyclic) bond motifs is 2. The van der Waals surface area contributed by atoms with Gasteiger partial charge in [0.15, 0.2) is 0 Å². The van der Waals surface area contributed by atoms with Gasteiger partial charge >= 0.3 is 0 Å². The summed E-state index contributed by atoms with van der Waals surface area (Å²) < 4.78 is 5.52. The Morgan fingerprint density at radius 2 is 2.17 bits per heavy atom. The number of rotatable bonds is 8. The summed E-state index contributed by atoms with van der Waals surface area (Å²) in [4.78, 5) is 0. The van der Waals surface area contributed by atoms with Gasteiger partial charge in [0.2, 0.25) is 0 Å². The van der Waals surface area contributed by atoms with Crippen LogP contribution < -0.4 is 5.32 Å². The smallest absolute Gasteiger partial charge is 0.0466 e. The minimum atomic E-state index is 0.601. The van der Waals surface area contributed by atoms with Crippen molar-refractivity contribution in [1.29, 1.82) is 0 Å². The first-order valence-electron chi connectivity index (χ1n) is 7.97. The molecule has 106 valence electrons. The second-order valence-electron chi connectivity index (χ2n) is 6.78. The van der Waals surface area contributed by atoms with E-state index in [1.165, 1.54) is 45.1 Å². The fourth-order valence-corrected chi connectivity index (χ4v) is 4.25. The van der Waals surface area contributed by atoms with Crippen LogP contribution in [0, 0.1) is 17.3 Å². The summed E-state index contributed by atoms with van der Waals surface area (Å²) in [6.45, 7) is 9.67. The van der Waals surface area contributed by atoms with Crippen LogP contribution in [0.4, 0.5) is 0 Å². The van der Waals surface area contributed by atoms with E-state index in [2.05, 4.69) is 26.1 Å². The van der Waals surface area contributed by atoms with Crippen LogP contribution in [0.3, 0.4) is 0 Å². The van der Waals surface area contributed by atoms with Crippen LogP contribution in [0.5, 0.6) is 0 Å². The second-order valence-corrected chi connectivity index (χ2v) is 6.78. The molecule has 2 aliphatic rings. The molecule has 0 aliphatic heterocycles. The number of hydrogen-bond donors (Lipinski definition) is 1. The van der Waals surface area contributed by atoms with Gasteiger partial charge in [-0.3, -0.25) is 0 Å². The molecular weight excluding hydrogens is 222 g/mol. The monoisotopic (exact) mass is 253 g/mol. The van der Waals surface area contributed by atoms with Gasteiger partial charge < -0.3 is 10.1 Å². The average Bonchev–Trinajstić information content (AvgIpc) is 2.93. The predicted molar refractivity (Wildman–Crippen MR) is 76.7 cm³/mol. The molecule has 2 heteroatoms. The van der Waals surface area contributed by atoms with Crippen LogP contribution in [0.2, 0.25) is 0 Å². The first-order valence-corrected chi connectivity index (χ1v) is 7.97. The summed E-state index contributed by atoms with van der Waals surface area (Å²) in [5, 5.41) is 3.71. The zero-order chi connectivity index (χ0) is 13.0. The SMILES string of the molecule is CCOCCCC1(CNC(C)C)CC2CCC1C2. The van der Waals surface area contributed by atoms with Crippen LogP contribution in [-0.4, -0.2) is 25.8 Å². The normalized spacial score (nSPS) is 34.7. The molecule has 0 amide bonds. The lowest BCUT2D eigenvalue weighted by Gasteiger charge is -2.39. The Balaban J connectivity index is 1.86. The van der Waals surface area contributed by atoms with Gasteiger partial charge in [0, 0.05) is 25.8 Å². The maximum atomic E-state index is 5.52. The molecule has 3 unspecified atom stereocenters. The summed E-state index contributed by atoms with van der Waals surface area (Å²) in [5.74, 6) is 2.03. The van der Waals surface area contributed by atoms with Crippen molar-refractivity contribution in [1.82, 2.24) is 5.32 Å². The largest absolute Gasteiger partial charge is 0.382 e. The Morgan fingerprint density at radius 1 is 1.33 bits per heavy atom. The number of hydrogen-bond acceptors (Lipinski definition) is 2. The molecule has 2 rings (SSSR count). The molecule has 1 N–H and O–H groups in total. The topological polar surface area (TPSA) is 21.3 Å². The summed E-state index contributed by atoms with van der Waals surface area (Å²) in [5.41, 5.74) is 0.601. The van der Waals surface area contributed by atoms with Crippen molar-refractivity contribution in [2.24, 2.45) is 17.3 Å². The molecule has 0 radical (unpaired) electrons. The Morgan fingerprint density at radius 3 is 2.72 bits per heavy atom. The Labute approximate surface area is 113 Å². The van der Waals surface area contributed by atoms with Gasteiger partial charge in [-0.25, -0.2) is 0 Å². The number of nitrogens with one attached hydrogen (secondary N) is 1. The van der Waals surface area contributed by atoms with Crippen molar-refractivity contribution in [3.63, 3.8) is 0 Å². The highest BCUT2D eigenvalue weighted by molar-refractivity contribution is 5.01. The molecule has 2 aliphatic carbocycles. The van der Waals surface area contributed by atoms with Crippen LogP contribution in [-0.2, 0) is 4.74 Å². The van der Waals surface area contributed by atoms with E-state index in [9.17, 15) is 0 Å². The van der Waals surface area contributed by atoms with E-state index >= 15 is 0 Å². The standard InChI is InChI=1S/C16H31NO/c1-4-18-9-5-8-16(12-17-13(2)3)11-14-6-7-15(16)10-14/h13-15,17H,4-12H2,1-3H3. The van der Waals surface area contributed by atoms with Crippen molar-refractivity contribution in [2.75, 3.05) is 19.8 Å². The quantitative estimate of drug-likeness (QED) is 0.667. The highest BCUT2D eigenvalue weighted by Gasteiger charge is 2.49. The van der Waals surface area contributed by atoms with Gasteiger partial charge in [-0.1, -0.05) is 20.3 Å². The lowest BCUT2D eigenvalue weighted by Crippen LogP contribution is -2.41. The zero-order valence-corrected chi connectivity index (χ0v) is 12.5. The highest BCUT2D eigenvalue weighted by Crippen LogP contribution is 2.57. The van der Waals surface area contributed by atoms with Crippen LogP contribution >= 0.6 is 0 Å². The van der Waals surface area contributed by atoms with E-state index in [0.717, 1.165) is 25.0 Å². The molecule has 2 saturated carbocycles. The van der Waals surface area contributed by atoms with Crippen molar-refractivity contribution in [3.05, 3.63) is 0 Å². The Hall–Kier alpha value is -0.0800. The summed E-state index contributed by atoms with van der Waals surface area (Å²) >= 11 is 0. The number of ether oxygens (including phenoxy) is 1. The van der Waals surface area contributed by atoms with Crippen molar-refractivity contribution in [2.45, 2.75) is 65.3 Å². The molecule has 0 saturated heterocycles.